The Balaban J connectivity index is 1.74. The summed E-state index contributed by atoms with van der Waals surface area (Å²) in [5.74, 6) is -2.58. The summed E-state index contributed by atoms with van der Waals surface area (Å²) in [5.41, 5.74) is -0.918. The van der Waals surface area contributed by atoms with Crippen LogP contribution in [-0.4, -0.2) is 68.6 Å². The molecular formula is C28H30N4O12. The maximum atomic E-state index is 13.1. The molecule has 0 radical (unpaired) electrons. The van der Waals surface area contributed by atoms with E-state index in [4.69, 9.17) is 19.0 Å². The Morgan fingerprint density at radius 1 is 0.886 bits per heavy atom. The van der Waals surface area contributed by atoms with Gasteiger partial charge in [0.1, 0.15) is 31.0 Å². The van der Waals surface area contributed by atoms with Crippen molar-refractivity contribution in [2.24, 2.45) is 5.16 Å². The second-order valence-electron chi connectivity index (χ2n) is 10.6. The van der Waals surface area contributed by atoms with E-state index in [9.17, 15) is 39.4 Å². The first kappa shape index (κ1) is 33.1. The van der Waals surface area contributed by atoms with Crippen molar-refractivity contribution in [1.29, 1.82) is 0 Å². The summed E-state index contributed by atoms with van der Waals surface area (Å²) in [4.78, 5) is 77.6. The number of esters is 2. The number of non-ortho nitro benzene ring substituents is 2. The summed E-state index contributed by atoms with van der Waals surface area (Å²) < 4.78 is 15.9. The van der Waals surface area contributed by atoms with Crippen molar-refractivity contribution in [3.8, 4) is 0 Å². The highest BCUT2D eigenvalue weighted by atomic mass is 16.6. The number of nitro benzene ring substituents is 2. The lowest BCUT2D eigenvalue weighted by Crippen LogP contribution is -2.41. The van der Waals surface area contributed by atoms with Gasteiger partial charge in [0.05, 0.1) is 16.4 Å². The van der Waals surface area contributed by atoms with E-state index < -0.39 is 57.1 Å². The Hall–Kier alpha value is -5.41. The molecule has 2 atom stereocenters. The van der Waals surface area contributed by atoms with Crippen molar-refractivity contribution in [2.45, 2.75) is 65.1 Å². The highest BCUT2D eigenvalue weighted by molar-refractivity contribution is 6.63. The summed E-state index contributed by atoms with van der Waals surface area (Å²) in [5, 5.41) is 25.4. The summed E-state index contributed by atoms with van der Waals surface area (Å²) in [6, 6.07) is 9.41. The van der Waals surface area contributed by atoms with Gasteiger partial charge in [-0.2, -0.15) is 0 Å². The molecule has 0 aliphatic carbocycles. The van der Waals surface area contributed by atoms with Crippen LogP contribution >= 0.6 is 0 Å². The number of carbonyl (C=O) groups excluding carboxylic acids is 4. The highest BCUT2D eigenvalue weighted by Gasteiger charge is 2.43. The fourth-order valence-corrected chi connectivity index (χ4v) is 3.90. The lowest BCUT2D eigenvalue weighted by molar-refractivity contribution is -0.385. The van der Waals surface area contributed by atoms with Crippen LogP contribution in [-0.2, 0) is 46.6 Å². The van der Waals surface area contributed by atoms with E-state index in [0.29, 0.717) is 11.1 Å². The molecule has 0 saturated carbocycles. The molecule has 0 unspecified atom stereocenters. The standard InChI is InChI=1S/C28H30N4O12/c1-17(33)24(26(35)43-28(2,3)4)29-44-22-13-23(25(34)41-15-18-5-9-20(10-6-18)31(37)38)30(14-22)27(36)42-16-19-7-11-21(12-8-19)32(39)40/h5-12,22-23H,13-16H2,1-4H3/t22-,23-/m0/s1. The number of benzene rings is 2. The van der Waals surface area contributed by atoms with Gasteiger partial charge in [-0.25, -0.2) is 14.4 Å². The molecule has 16 nitrogen and oxygen atoms in total. The van der Waals surface area contributed by atoms with Gasteiger partial charge < -0.3 is 19.0 Å². The van der Waals surface area contributed by atoms with Crippen LogP contribution in [0.3, 0.4) is 0 Å². The third-order valence-corrected chi connectivity index (χ3v) is 6.03. The Morgan fingerprint density at radius 2 is 1.39 bits per heavy atom. The van der Waals surface area contributed by atoms with Crippen LogP contribution in [0.15, 0.2) is 53.7 Å². The highest BCUT2D eigenvalue weighted by Crippen LogP contribution is 2.25. The van der Waals surface area contributed by atoms with Crippen molar-refractivity contribution in [1.82, 2.24) is 4.90 Å². The van der Waals surface area contributed by atoms with Gasteiger partial charge in [0.25, 0.3) is 11.4 Å². The molecule has 2 aromatic carbocycles. The number of hydrogen-bond donors (Lipinski definition) is 0. The number of ketones is 1. The van der Waals surface area contributed by atoms with Crippen LogP contribution in [0.1, 0.15) is 45.2 Å². The van der Waals surface area contributed by atoms with Crippen LogP contribution in [0, 0.1) is 20.2 Å². The molecule has 2 aromatic rings. The SMILES string of the molecule is CC(=O)C(=NO[C@H]1C[C@@H](C(=O)OCc2ccc([N+](=O)[O-])cc2)N(C(=O)OCc2ccc([N+](=O)[O-])cc2)C1)C(=O)OC(C)(C)C. The minimum atomic E-state index is -1.22. The van der Waals surface area contributed by atoms with Gasteiger partial charge in [-0.1, -0.05) is 5.16 Å². The van der Waals surface area contributed by atoms with Crippen molar-refractivity contribution in [2.75, 3.05) is 6.54 Å². The van der Waals surface area contributed by atoms with Crippen molar-refractivity contribution in [3.05, 3.63) is 79.9 Å². The zero-order valence-electron chi connectivity index (χ0n) is 24.3. The summed E-state index contributed by atoms with van der Waals surface area (Å²) in [7, 11) is 0. The first-order chi connectivity index (χ1) is 20.6. The minimum absolute atomic E-state index is 0.144. The van der Waals surface area contributed by atoms with Gasteiger partial charge in [0, 0.05) is 37.6 Å². The number of likely N-dealkylation sites (tertiary alicyclic amines) is 1. The number of rotatable bonds is 11. The van der Waals surface area contributed by atoms with Crippen LogP contribution in [0.25, 0.3) is 0 Å². The summed E-state index contributed by atoms with van der Waals surface area (Å²) in [6.07, 6.45) is -2.04. The molecule has 1 amide bonds. The molecular weight excluding hydrogens is 584 g/mol. The summed E-state index contributed by atoms with van der Waals surface area (Å²) in [6.45, 7) is 5.15. The zero-order valence-corrected chi connectivity index (χ0v) is 24.3. The Kier molecular flexibility index (Phi) is 10.7. The Bertz CT molecular complexity index is 1370. The molecule has 0 bridgehead atoms. The predicted octanol–water partition coefficient (Wildman–Crippen LogP) is 3.63. The quantitative estimate of drug-likeness (QED) is 0.0888. The van der Waals surface area contributed by atoms with E-state index in [0.717, 1.165) is 11.8 Å². The van der Waals surface area contributed by atoms with Crippen LogP contribution < -0.4 is 0 Å². The second kappa shape index (κ2) is 14.2. The molecule has 1 aliphatic heterocycles. The van der Waals surface area contributed by atoms with Crippen molar-refractivity contribution >= 4 is 40.9 Å². The van der Waals surface area contributed by atoms with E-state index >= 15 is 0 Å². The number of nitro groups is 2. The molecule has 0 N–H and O–H groups in total. The van der Waals surface area contributed by atoms with Crippen LogP contribution in [0.5, 0.6) is 0 Å². The maximum Gasteiger partial charge on any atom is 0.410 e. The van der Waals surface area contributed by atoms with Gasteiger partial charge in [-0.15, -0.1) is 0 Å². The molecule has 1 fully saturated rings. The normalized spacial score (nSPS) is 16.5. The Morgan fingerprint density at radius 3 is 1.84 bits per heavy atom. The van der Waals surface area contributed by atoms with Crippen molar-refractivity contribution in [3.63, 3.8) is 0 Å². The van der Waals surface area contributed by atoms with Crippen LogP contribution in [0.4, 0.5) is 16.2 Å². The van der Waals surface area contributed by atoms with Crippen molar-refractivity contribution < 1.29 is 48.1 Å². The van der Waals surface area contributed by atoms with Gasteiger partial charge >= 0.3 is 18.0 Å². The molecule has 16 heteroatoms. The second-order valence-corrected chi connectivity index (χ2v) is 10.6. The van der Waals surface area contributed by atoms with E-state index in [1.54, 1.807) is 20.8 Å². The molecule has 0 spiro atoms. The molecule has 1 saturated heterocycles. The molecule has 0 aromatic heterocycles. The largest absolute Gasteiger partial charge is 0.459 e. The number of amides is 1. The number of Topliss-reactive ketones (excluding diaryl/α,β-unsaturated/α-hetero) is 1. The predicted molar refractivity (Wildman–Crippen MR) is 150 cm³/mol. The topological polar surface area (TPSA) is 207 Å². The third-order valence-electron chi connectivity index (χ3n) is 6.03. The fraction of sp³-hybridized carbons (Fsp3) is 0.393. The fourth-order valence-electron chi connectivity index (χ4n) is 3.90. The summed E-state index contributed by atoms with van der Waals surface area (Å²) >= 11 is 0. The van der Waals surface area contributed by atoms with Gasteiger partial charge in [-0.3, -0.25) is 29.9 Å². The van der Waals surface area contributed by atoms with Gasteiger partial charge in [0.15, 0.2) is 5.78 Å². The molecule has 1 heterocycles. The molecule has 1 aliphatic rings. The number of carbonyl (C=O) groups is 4. The van der Waals surface area contributed by atoms with E-state index in [1.165, 1.54) is 48.5 Å². The van der Waals surface area contributed by atoms with Gasteiger partial charge in [-0.05, 0) is 56.2 Å². The third kappa shape index (κ3) is 9.30. The average Bonchev–Trinajstić information content (AvgIpc) is 3.38. The molecule has 3 rings (SSSR count). The number of oxime groups is 1. The van der Waals surface area contributed by atoms with Gasteiger partial charge in [0.2, 0.25) is 5.71 Å². The van der Waals surface area contributed by atoms with Crippen LogP contribution in [0.2, 0.25) is 0 Å². The first-order valence-corrected chi connectivity index (χ1v) is 13.2. The first-order valence-electron chi connectivity index (χ1n) is 13.2. The molecule has 234 valence electrons. The Labute approximate surface area is 250 Å². The number of nitrogens with zero attached hydrogens (tertiary/aromatic N) is 4. The number of hydrogen-bond acceptors (Lipinski definition) is 13. The maximum absolute atomic E-state index is 13.1. The van der Waals surface area contributed by atoms with E-state index in [-0.39, 0.29) is 37.6 Å². The average molecular weight is 615 g/mol. The zero-order chi connectivity index (χ0) is 32.6. The minimum Gasteiger partial charge on any atom is -0.459 e. The number of ether oxygens (including phenoxy) is 3. The van der Waals surface area contributed by atoms with E-state index in [1.807, 2.05) is 0 Å². The van der Waals surface area contributed by atoms with E-state index in [2.05, 4.69) is 5.16 Å². The lowest BCUT2D eigenvalue weighted by atomic mass is 10.2. The lowest BCUT2D eigenvalue weighted by Gasteiger charge is -2.22. The monoisotopic (exact) mass is 614 g/mol. The molecule has 44 heavy (non-hydrogen) atoms. The smallest absolute Gasteiger partial charge is 0.410 e.